The molecule has 2 fully saturated rings. The highest BCUT2D eigenvalue weighted by Crippen LogP contribution is 2.37. The largest absolute Gasteiger partial charge is 0.337 e. The highest BCUT2D eigenvalue weighted by Gasteiger charge is 2.48. The molecule has 2 heterocycles. The molecular weight excluding hydrogens is 452 g/mol. The molecule has 0 bridgehead atoms. The number of hydrogen-bond donors (Lipinski definition) is 0. The molecule has 0 spiro atoms. The minimum Gasteiger partial charge on any atom is -0.337 e. The molecule has 0 radical (unpaired) electrons. The molecule has 3 amide bonds. The number of hydrogen-bond acceptors (Lipinski definition) is 5. The first kappa shape index (κ1) is 24.2. The van der Waals surface area contributed by atoms with Crippen LogP contribution in [0.5, 0.6) is 0 Å². The van der Waals surface area contributed by atoms with Crippen molar-refractivity contribution in [3.8, 4) is 11.4 Å². The number of rotatable bonds is 5. The number of benzene rings is 2. The number of imide groups is 1. The first-order chi connectivity index (χ1) is 17.3. The van der Waals surface area contributed by atoms with Gasteiger partial charge in [-0.1, -0.05) is 82.1 Å². The summed E-state index contributed by atoms with van der Waals surface area (Å²) in [5.41, 5.74) is 3.94. The molecule has 2 aliphatic rings. The molecule has 2 atom stereocenters. The molecule has 1 aliphatic heterocycles. The lowest BCUT2D eigenvalue weighted by Crippen LogP contribution is -2.62. The molecule has 36 heavy (non-hydrogen) atoms. The highest BCUT2D eigenvalue weighted by molar-refractivity contribution is 6.17. The minimum absolute atomic E-state index is 0.0618. The van der Waals surface area contributed by atoms with Gasteiger partial charge >= 0.3 is 6.03 Å². The topological polar surface area (TPSA) is 79.5 Å². The zero-order chi connectivity index (χ0) is 25.4. The second kappa shape index (κ2) is 9.52. The van der Waals surface area contributed by atoms with Gasteiger partial charge in [-0.15, -0.1) is 0 Å². The minimum atomic E-state index is -0.318. The fraction of sp³-hybridized carbons (Fsp3) is 0.448. The molecular formula is C29H34N4O3. The van der Waals surface area contributed by atoms with Crippen LogP contribution in [0.2, 0.25) is 0 Å². The van der Waals surface area contributed by atoms with E-state index in [1.165, 1.54) is 10.5 Å². The van der Waals surface area contributed by atoms with Gasteiger partial charge in [-0.25, -0.2) is 9.69 Å². The van der Waals surface area contributed by atoms with E-state index in [0.717, 1.165) is 43.2 Å². The summed E-state index contributed by atoms with van der Waals surface area (Å²) < 4.78 is 5.59. The van der Waals surface area contributed by atoms with E-state index in [1.807, 2.05) is 36.4 Å². The standard InChI is InChI=1S/C29H34N4O3/c1-5-19-10-16-22(17-11-19)33-27(34)23-8-6-7-9-24(23)32(28(33)35)18-25-30-26(31-36-25)20-12-14-21(15-13-20)29(2,3)4/h10-17,23-24H,5-9,18H2,1-4H3. The third-order valence-electron chi connectivity index (χ3n) is 7.49. The number of aryl methyl sites for hydroxylation is 1. The van der Waals surface area contributed by atoms with Crippen molar-refractivity contribution in [1.82, 2.24) is 15.0 Å². The van der Waals surface area contributed by atoms with E-state index in [1.54, 1.807) is 4.90 Å². The summed E-state index contributed by atoms with van der Waals surface area (Å²) in [5, 5.41) is 4.18. The van der Waals surface area contributed by atoms with Gasteiger partial charge in [0.15, 0.2) is 0 Å². The summed E-state index contributed by atoms with van der Waals surface area (Å²) in [6, 6.07) is 15.4. The third kappa shape index (κ3) is 4.54. The van der Waals surface area contributed by atoms with Crippen molar-refractivity contribution in [3.63, 3.8) is 0 Å². The van der Waals surface area contributed by atoms with E-state index in [4.69, 9.17) is 4.52 Å². The second-order valence-electron chi connectivity index (χ2n) is 10.9. The van der Waals surface area contributed by atoms with Crippen LogP contribution in [0.15, 0.2) is 53.1 Å². The van der Waals surface area contributed by atoms with Crippen molar-refractivity contribution in [2.45, 2.75) is 77.8 Å². The van der Waals surface area contributed by atoms with Crippen molar-refractivity contribution in [1.29, 1.82) is 0 Å². The average Bonchev–Trinajstić information content (AvgIpc) is 3.35. The van der Waals surface area contributed by atoms with Crippen LogP contribution in [-0.4, -0.2) is 33.0 Å². The quantitative estimate of drug-likeness (QED) is 0.434. The number of nitrogens with zero attached hydrogens (tertiary/aromatic N) is 4. The predicted octanol–water partition coefficient (Wildman–Crippen LogP) is 6.12. The SMILES string of the molecule is CCc1ccc(N2C(=O)C3CCCCC3N(Cc3nc(-c4ccc(C(C)(C)C)cc4)no3)C2=O)cc1. The van der Waals surface area contributed by atoms with E-state index >= 15 is 0 Å². The van der Waals surface area contributed by atoms with Crippen molar-refractivity contribution in [3.05, 3.63) is 65.5 Å². The number of fused-ring (bicyclic) bond motifs is 1. The first-order valence-electron chi connectivity index (χ1n) is 12.9. The summed E-state index contributed by atoms with van der Waals surface area (Å²) >= 11 is 0. The highest BCUT2D eigenvalue weighted by atomic mass is 16.5. The second-order valence-corrected chi connectivity index (χ2v) is 10.9. The van der Waals surface area contributed by atoms with Gasteiger partial charge in [-0.3, -0.25) is 4.79 Å². The molecule has 2 unspecified atom stereocenters. The molecule has 7 heteroatoms. The van der Waals surface area contributed by atoms with Gasteiger partial charge < -0.3 is 9.42 Å². The third-order valence-corrected chi connectivity index (χ3v) is 7.49. The Bertz CT molecular complexity index is 1240. The summed E-state index contributed by atoms with van der Waals surface area (Å²) in [4.78, 5) is 34.8. The van der Waals surface area contributed by atoms with Crippen LogP contribution < -0.4 is 4.90 Å². The van der Waals surface area contributed by atoms with Crippen molar-refractivity contribution in [2.75, 3.05) is 4.90 Å². The maximum absolute atomic E-state index is 13.7. The Morgan fingerprint density at radius 3 is 2.33 bits per heavy atom. The number of amides is 3. The van der Waals surface area contributed by atoms with Gasteiger partial charge in [-0.05, 0) is 47.9 Å². The number of carbonyl (C=O) groups excluding carboxylic acids is 2. The lowest BCUT2D eigenvalue weighted by atomic mass is 9.81. The maximum atomic E-state index is 13.7. The van der Waals surface area contributed by atoms with E-state index in [0.29, 0.717) is 17.4 Å². The van der Waals surface area contributed by atoms with Crippen molar-refractivity contribution >= 4 is 17.6 Å². The maximum Gasteiger partial charge on any atom is 0.332 e. The Balaban J connectivity index is 1.41. The lowest BCUT2D eigenvalue weighted by molar-refractivity contribution is -0.127. The fourth-order valence-electron chi connectivity index (χ4n) is 5.31. The Morgan fingerprint density at radius 1 is 0.972 bits per heavy atom. The predicted molar refractivity (Wildman–Crippen MR) is 138 cm³/mol. The van der Waals surface area contributed by atoms with E-state index in [9.17, 15) is 9.59 Å². The summed E-state index contributed by atoms with van der Waals surface area (Å²) in [5.74, 6) is 0.557. The number of anilines is 1. The van der Waals surface area contributed by atoms with Crippen LogP contribution in [0.4, 0.5) is 10.5 Å². The molecule has 2 aromatic carbocycles. The molecule has 1 saturated carbocycles. The summed E-state index contributed by atoms with van der Waals surface area (Å²) in [6.07, 6.45) is 4.48. The molecule has 7 nitrogen and oxygen atoms in total. The van der Waals surface area contributed by atoms with E-state index < -0.39 is 0 Å². The van der Waals surface area contributed by atoms with Crippen LogP contribution >= 0.6 is 0 Å². The Hall–Kier alpha value is -3.48. The Kier molecular flexibility index (Phi) is 6.41. The number of aromatic nitrogens is 2. The molecule has 3 aromatic rings. The smallest absolute Gasteiger partial charge is 0.332 e. The number of urea groups is 1. The van der Waals surface area contributed by atoms with Gasteiger partial charge in [0.2, 0.25) is 17.6 Å². The fourth-order valence-corrected chi connectivity index (χ4v) is 5.31. The first-order valence-corrected chi connectivity index (χ1v) is 12.9. The van der Waals surface area contributed by atoms with Crippen LogP contribution in [-0.2, 0) is 23.2 Å². The zero-order valence-electron chi connectivity index (χ0n) is 21.5. The summed E-state index contributed by atoms with van der Waals surface area (Å²) in [7, 11) is 0. The van der Waals surface area contributed by atoms with Crippen molar-refractivity contribution in [2.24, 2.45) is 5.92 Å². The van der Waals surface area contributed by atoms with Crippen LogP contribution in [0.25, 0.3) is 11.4 Å². The van der Waals surface area contributed by atoms with Gasteiger partial charge in [0, 0.05) is 11.6 Å². The zero-order valence-corrected chi connectivity index (χ0v) is 21.5. The lowest BCUT2D eigenvalue weighted by Gasteiger charge is -2.46. The van der Waals surface area contributed by atoms with E-state index in [-0.39, 0.29) is 35.9 Å². The van der Waals surface area contributed by atoms with Gasteiger partial charge in [-0.2, -0.15) is 4.98 Å². The monoisotopic (exact) mass is 486 g/mol. The normalized spacial score (nSPS) is 20.6. The van der Waals surface area contributed by atoms with E-state index in [2.05, 4.69) is 50.0 Å². The average molecular weight is 487 g/mol. The summed E-state index contributed by atoms with van der Waals surface area (Å²) in [6.45, 7) is 8.79. The van der Waals surface area contributed by atoms with Gasteiger partial charge in [0.25, 0.3) is 0 Å². The molecule has 0 N–H and O–H groups in total. The van der Waals surface area contributed by atoms with Crippen LogP contribution in [0.3, 0.4) is 0 Å². The molecule has 1 aliphatic carbocycles. The number of carbonyl (C=O) groups is 2. The molecule has 1 saturated heterocycles. The van der Waals surface area contributed by atoms with Crippen LogP contribution in [0.1, 0.15) is 70.4 Å². The van der Waals surface area contributed by atoms with Gasteiger partial charge in [0.1, 0.15) is 6.54 Å². The Labute approximate surface area is 212 Å². The van der Waals surface area contributed by atoms with Gasteiger partial charge in [0.05, 0.1) is 11.6 Å². The molecule has 5 rings (SSSR count). The van der Waals surface area contributed by atoms with Crippen molar-refractivity contribution < 1.29 is 14.1 Å². The van der Waals surface area contributed by atoms with Crippen LogP contribution in [0, 0.1) is 5.92 Å². The molecule has 188 valence electrons. The Morgan fingerprint density at radius 2 is 1.67 bits per heavy atom. The molecule has 1 aromatic heterocycles.